The van der Waals surface area contributed by atoms with Gasteiger partial charge in [0, 0.05) is 58.5 Å². The van der Waals surface area contributed by atoms with Gasteiger partial charge in [0.1, 0.15) is 30.3 Å². The van der Waals surface area contributed by atoms with Crippen LogP contribution in [-0.2, 0) is 22.6 Å². The van der Waals surface area contributed by atoms with E-state index in [1.807, 2.05) is 53.2 Å². The molecule has 0 unspecified atom stereocenters. The van der Waals surface area contributed by atoms with Crippen LogP contribution in [0.4, 0.5) is 8.78 Å². The van der Waals surface area contributed by atoms with E-state index in [4.69, 9.17) is 14.2 Å². The summed E-state index contributed by atoms with van der Waals surface area (Å²) >= 11 is 0. The predicted molar refractivity (Wildman–Crippen MR) is 144 cm³/mol. The van der Waals surface area contributed by atoms with E-state index in [1.165, 1.54) is 13.2 Å². The van der Waals surface area contributed by atoms with Gasteiger partial charge >= 0.3 is 0 Å². The Labute approximate surface area is 232 Å². The molecule has 1 saturated heterocycles. The summed E-state index contributed by atoms with van der Waals surface area (Å²) in [5.41, 5.74) is 0.640. The van der Waals surface area contributed by atoms with Gasteiger partial charge in [-0.3, -0.25) is 14.4 Å². The van der Waals surface area contributed by atoms with Crippen LogP contribution >= 0.6 is 0 Å². The summed E-state index contributed by atoms with van der Waals surface area (Å²) in [4.78, 5) is 16.2. The minimum atomic E-state index is -1.47. The van der Waals surface area contributed by atoms with Crippen LogP contribution in [0, 0.1) is 18.6 Å². The summed E-state index contributed by atoms with van der Waals surface area (Å²) in [6, 6.07) is 11.0. The molecule has 0 spiro atoms. The monoisotopic (exact) mass is 558 g/mol. The average Bonchev–Trinajstić information content (AvgIpc) is 3.26. The number of amides is 1. The Morgan fingerprint density at radius 1 is 1.07 bits per heavy atom. The summed E-state index contributed by atoms with van der Waals surface area (Å²) in [5.74, 6) is -1.44. The van der Waals surface area contributed by atoms with Crippen molar-refractivity contribution in [3.8, 4) is 11.5 Å². The Morgan fingerprint density at radius 2 is 1.90 bits per heavy atom. The van der Waals surface area contributed by atoms with Crippen molar-refractivity contribution >= 4 is 5.91 Å². The third-order valence-electron chi connectivity index (χ3n) is 6.58. The molecule has 0 radical (unpaired) electrons. The topological polar surface area (TPSA) is 89.3 Å². The zero-order valence-corrected chi connectivity index (χ0v) is 22.9. The van der Waals surface area contributed by atoms with Crippen molar-refractivity contribution in [2.45, 2.75) is 32.0 Å². The number of aryl methyl sites for hydroxylation is 2. The van der Waals surface area contributed by atoms with E-state index >= 15 is 0 Å². The van der Waals surface area contributed by atoms with Crippen LogP contribution in [0.5, 0.6) is 11.5 Å². The van der Waals surface area contributed by atoms with Crippen molar-refractivity contribution < 1.29 is 32.9 Å². The number of β-amino-alcohol motifs (C(OH)–C–C–N with tert-alkyl or cyclic N) is 1. The molecule has 2 heterocycles. The molecule has 2 aromatic carbocycles. The molecule has 1 amide bonds. The third-order valence-corrected chi connectivity index (χ3v) is 6.58. The number of halogens is 2. The van der Waals surface area contributed by atoms with Crippen LogP contribution in [0.25, 0.3) is 0 Å². The van der Waals surface area contributed by atoms with Crippen molar-refractivity contribution in [1.29, 1.82) is 0 Å². The largest absolute Gasteiger partial charge is 0.494 e. The molecule has 11 heteroatoms. The Kier molecular flexibility index (Phi) is 10.1. The van der Waals surface area contributed by atoms with Gasteiger partial charge in [-0.25, -0.2) is 8.78 Å². The molecule has 1 atom stereocenters. The number of hydrogen-bond donors (Lipinski definition) is 1. The first-order chi connectivity index (χ1) is 19.2. The van der Waals surface area contributed by atoms with Crippen molar-refractivity contribution in [1.82, 2.24) is 19.6 Å². The first kappa shape index (κ1) is 29.4. The maximum Gasteiger partial charge on any atom is 0.248 e. The van der Waals surface area contributed by atoms with Crippen molar-refractivity contribution in [2.24, 2.45) is 0 Å². The van der Waals surface area contributed by atoms with Gasteiger partial charge in [-0.2, -0.15) is 5.10 Å². The summed E-state index contributed by atoms with van der Waals surface area (Å²) in [6.07, 6.45) is 4.64. The van der Waals surface area contributed by atoms with Gasteiger partial charge in [0.05, 0.1) is 19.3 Å². The Balaban J connectivity index is 1.39. The Hall–Kier alpha value is -3.54. The highest BCUT2D eigenvalue weighted by Crippen LogP contribution is 2.22. The first-order valence-corrected chi connectivity index (χ1v) is 13.2. The van der Waals surface area contributed by atoms with Gasteiger partial charge in [-0.1, -0.05) is 12.1 Å². The second-order valence-corrected chi connectivity index (χ2v) is 10.2. The van der Waals surface area contributed by atoms with E-state index in [0.717, 1.165) is 42.0 Å². The number of benzene rings is 2. The molecule has 9 nitrogen and oxygen atoms in total. The Morgan fingerprint density at radius 3 is 2.65 bits per heavy atom. The number of carbonyl (C=O) groups is 1. The molecule has 1 aliphatic rings. The fraction of sp³-hybridized carbons (Fsp3) is 0.448. The minimum absolute atomic E-state index is 0.00823. The lowest BCUT2D eigenvalue weighted by atomic mass is 10.0. The van der Waals surface area contributed by atoms with E-state index in [9.17, 15) is 18.7 Å². The van der Waals surface area contributed by atoms with E-state index in [0.29, 0.717) is 26.2 Å². The number of aliphatic hydroxyl groups is 1. The van der Waals surface area contributed by atoms with Gasteiger partial charge in [0.25, 0.3) is 0 Å². The summed E-state index contributed by atoms with van der Waals surface area (Å²) in [7, 11) is 1.44. The number of methoxy groups -OCH3 is 1. The molecule has 40 heavy (non-hydrogen) atoms. The SMILES string of the molecule is COCC(=O)N1CCN(Cc2cccc(OCCCn3cc(C)cn3)c2)C[C@@](O)(COc2ccc(F)c(F)c2)C1. The number of carbonyl (C=O) groups excluding carboxylic acids is 1. The smallest absolute Gasteiger partial charge is 0.248 e. The second-order valence-electron chi connectivity index (χ2n) is 10.2. The molecule has 3 aromatic rings. The average molecular weight is 559 g/mol. The predicted octanol–water partition coefficient (Wildman–Crippen LogP) is 3.04. The molecule has 4 rings (SSSR count). The molecule has 216 valence electrons. The molecule has 0 saturated carbocycles. The number of nitrogens with zero attached hydrogens (tertiary/aromatic N) is 4. The molecule has 0 aliphatic carbocycles. The van der Waals surface area contributed by atoms with Crippen molar-refractivity contribution in [3.63, 3.8) is 0 Å². The van der Waals surface area contributed by atoms with Gasteiger partial charge in [0.2, 0.25) is 5.91 Å². The maximum atomic E-state index is 13.7. The molecular formula is C29H36F2N4O5. The van der Waals surface area contributed by atoms with Crippen LogP contribution in [0.1, 0.15) is 17.5 Å². The van der Waals surface area contributed by atoms with Crippen LogP contribution in [0.3, 0.4) is 0 Å². The summed E-state index contributed by atoms with van der Waals surface area (Å²) in [5, 5.41) is 15.9. The normalized spacial score (nSPS) is 18.0. The number of hydrogen-bond acceptors (Lipinski definition) is 7. The fourth-order valence-corrected chi connectivity index (χ4v) is 4.68. The molecule has 0 bridgehead atoms. The zero-order valence-electron chi connectivity index (χ0n) is 22.9. The number of rotatable bonds is 12. The second kappa shape index (κ2) is 13.7. The highest BCUT2D eigenvalue weighted by molar-refractivity contribution is 5.77. The standard InChI is InChI=1S/C29H36F2N4O5/c1-22-15-32-35(16-22)9-4-12-39-24-6-3-5-23(13-24)17-33-10-11-34(28(36)18-38-2)20-29(37,19-33)21-40-25-7-8-26(30)27(31)14-25/h3,5-8,13-16,37H,4,9-12,17-21H2,1-2H3/t29-/m0/s1. The first-order valence-electron chi connectivity index (χ1n) is 13.2. The van der Waals surface area contributed by atoms with Gasteiger partial charge < -0.3 is 24.2 Å². The number of ether oxygens (including phenoxy) is 3. The van der Waals surface area contributed by atoms with E-state index in [1.54, 1.807) is 4.90 Å². The highest BCUT2D eigenvalue weighted by Gasteiger charge is 2.37. The van der Waals surface area contributed by atoms with E-state index in [2.05, 4.69) is 5.10 Å². The molecule has 1 aliphatic heterocycles. The fourth-order valence-electron chi connectivity index (χ4n) is 4.68. The van der Waals surface area contributed by atoms with Crippen molar-refractivity contribution in [2.75, 3.05) is 53.1 Å². The molecular weight excluding hydrogens is 522 g/mol. The molecule has 1 N–H and O–H groups in total. The highest BCUT2D eigenvalue weighted by atomic mass is 19.2. The molecule has 1 fully saturated rings. The van der Waals surface area contributed by atoms with Gasteiger partial charge in [-0.15, -0.1) is 0 Å². The lowest BCUT2D eigenvalue weighted by molar-refractivity contribution is -0.138. The summed E-state index contributed by atoms with van der Waals surface area (Å²) < 4.78 is 45.5. The maximum absolute atomic E-state index is 13.7. The third kappa shape index (κ3) is 8.48. The quantitative estimate of drug-likeness (QED) is 0.342. The lowest BCUT2D eigenvalue weighted by Gasteiger charge is -2.33. The van der Waals surface area contributed by atoms with Crippen LogP contribution in [0.15, 0.2) is 54.9 Å². The zero-order chi connectivity index (χ0) is 28.5. The number of aromatic nitrogens is 2. The van der Waals surface area contributed by atoms with Gasteiger partial charge in [-0.05, 0) is 42.3 Å². The molecule has 1 aromatic heterocycles. The van der Waals surface area contributed by atoms with Crippen LogP contribution in [-0.4, -0.2) is 89.3 Å². The summed E-state index contributed by atoms with van der Waals surface area (Å²) in [6.45, 7) is 4.60. The van der Waals surface area contributed by atoms with Crippen molar-refractivity contribution in [3.05, 3.63) is 77.6 Å². The lowest BCUT2D eigenvalue weighted by Crippen LogP contribution is -2.52. The van der Waals surface area contributed by atoms with Gasteiger partial charge in [0.15, 0.2) is 11.6 Å². The van der Waals surface area contributed by atoms with E-state index in [-0.39, 0.29) is 38.0 Å². The van der Waals surface area contributed by atoms with Crippen LogP contribution < -0.4 is 9.47 Å². The Bertz CT molecular complexity index is 1270. The van der Waals surface area contributed by atoms with Crippen LogP contribution in [0.2, 0.25) is 0 Å². The minimum Gasteiger partial charge on any atom is -0.494 e. The van der Waals surface area contributed by atoms with E-state index < -0.39 is 17.2 Å².